The molecule has 110 valence electrons. The first-order valence-corrected chi connectivity index (χ1v) is 8.87. The Kier molecular flexibility index (Phi) is 3.68. The molecule has 0 aromatic heterocycles. The van der Waals surface area contributed by atoms with Crippen LogP contribution >= 0.6 is 11.6 Å². The maximum absolute atomic E-state index is 12.5. The van der Waals surface area contributed by atoms with Crippen LogP contribution in [-0.2, 0) is 28.4 Å². The van der Waals surface area contributed by atoms with Gasteiger partial charge in [-0.15, -0.1) is 0 Å². The lowest BCUT2D eigenvalue weighted by atomic mass is 10.1. The second kappa shape index (κ2) is 5.35. The molecule has 21 heavy (non-hydrogen) atoms. The Hall–Kier alpha value is -1.52. The molecule has 0 heterocycles. The van der Waals surface area contributed by atoms with Crippen LogP contribution in [0.15, 0.2) is 41.3 Å². The van der Waals surface area contributed by atoms with Gasteiger partial charge in [-0.25, -0.2) is 8.42 Å². The van der Waals surface area contributed by atoms with Gasteiger partial charge in [0.25, 0.3) is 0 Å². The number of rotatable bonds is 3. The Morgan fingerprint density at radius 1 is 1.05 bits per heavy atom. The molecular weight excluding hydrogens is 306 g/mol. The minimum atomic E-state index is -3.40. The molecule has 0 saturated carbocycles. The van der Waals surface area contributed by atoms with Crippen LogP contribution in [0.4, 0.5) is 5.69 Å². The van der Waals surface area contributed by atoms with E-state index in [2.05, 4.69) is 0 Å². The van der Waals surface area contributed by atoms with E-state index in [-0.39, 0.29) is 5.75 Å². The lowest BCUT2D eigenvalue weighted by molar-refractivity contribution is 0.595. The lowest BCUT2D eigenvalue weighted by Crippen LogP contribution is -2.06. The number of hydrogen-bond acceptors (Lipinski definition) is 3. The second-order valence-corrected chi connectivity index (χ2v) is 7.79. The first-order chi connectivity index (χ1) is 9.95. The van der Waals surface area contributed by atoms with E-state index in [1.807, 2.05) is 12.1 Å². The van der Waals surface area contributed by atoms with Crippen molar-refractivity contribution in [3.8, 4) is 0 Å². The third kappa shape index (κ3) is 2.92. The van der Waals surface area contributed by atoms with E-state index in [0.29, 0.717) is 21.2 Å². The highest BCUT2D eigenvalue weighted by molar-refractivity contribution is 7.90. The Bertz CT molecular complexity index is 800. The fourth-order valence-electron chi connectivity index (χ4n) is 2.71. The summed E-state index contributed by atoms with van der Waals surface area (Å²) in [4.78, 5) is 0.371. The summed E-state index contributed by atoms with van der Waals surface area (Å²) in [5.74, 6) is -0.106. The molecule has 2 aromatic rings. The van der Waals surface area contributed by atoms with E-state index in [1.165, 1.54) is 5.56 Å². The van der Waals surface area contributed by atoms with Crippen LogP contribution in [0.1, 0.15) is 23.1 Å². The fraction of sp³-hybridized carbons (Fsp3) is 0.250. The molecule has 0 fully saturated rings. The summed E-state index contributed by atoms with van der Waals surface area (Å²) in [5, 5.41) is 0.389. The molecule has 0 radical (unpaired) electrons. The van der Waals surface area contributed by atoms with Gasteiger partial charge >= 0.3 is 0 Å². The Morgan fingerprint density at radius 3 is 2.57 bits per heavy atom. The van der Waals surface area contributed by atoms with Gasteiger partial charge in [-0.05, 0) is 60.2 Å². The van der Waals surface area contributed by atoms with Crippen molar-refractivity contribution in [2.75, 3.05) is 5.73 Å². The van der Waals surface area contributed by atoms with Crippen molar-refractivity contribution in [3.63, 3.8) is 0 Å². The van der Waals surface area contributed by atoms with Gasteiger partial charge in [0, 0.05) is 10.7 Å². The highest BCUT2D eigenvalue weighted by atomic mass is 35.5. The quantitative estimate of drug-likeness (QED) is 0.881. The molecule has 5 heteroatoms. The van der Waals surface area contributed by atoms with E-state index < -0.39 is 9.84 Å². The van der Waals surface area contributed by atoms with Gasteiger partial charge in [0.1, 0.15) is 0 Å². The van der Waals surface area contributed by atoms with Crippen LogP contribution in [0.25, 0.3) is 0 Å². The number of halogens is 1. The summed E-state index contributed by atoms with van der Waals surface area (Å²) in [6.07, 6.45) is 3.10. The number of hydrogen-bond donors (Lipinski definition) is 1. The molecule has 3 nitrogen and oxygen atoms in total. The molecular formula is C16H16ClNO2S. The van der Waals surface area contributed by atoms with Gasteiger partial charge in [-0.2, -0.15) is 0 Å². The van der Waals surface area contributed by atoms with Crippen molar-refractivity contribution in [2.45, 2.75) is 29.9 Å². The predicted molar refractivity (Wildman–Crippen MR) is 85.2 cm³/mol. The molecule has 0 spiro atoms. The number of benzene rings is 2. The fourth-order valence-corrected chi connectivity index (χ4v) is 4.47. The molecule has 2 aromatic carbocycles. The van der Waals surface area contributed by atoms with E-state index in [1.54, 1.807) is 24.3 Å². The maximum atomic E-state index is 12.5. The molecule has 0 atom stereocenters. The maximum Gasteiger partial charge on any atom is 0.182 e. The van der Waals surface area contributed by atoms with E-state index >= 15 is 0 Å². The van der Waals surface area contributed by atoms with Crippen LogP contribution < -0.4 is 5.73 Å². The third-order valence-electron chi connectivity index (χ3n) is 3.85. The zero-order chi connectivity index (χ0) is 15.0. The summed E-state index contributed by atoms with van der Waals surface area (Å²) >= 11 is 6.07. The topological polar surface area (TPSA) is 60.2 Å². The minimum Gasteiger partial charge on any atom is -0.399 e. The molecule has 0 aliphatic heterocycles. The Labute approximate surface area is 129 Å². The Balaban J connectivity index is 1.93. The molecule has 0 bridgehead atoms. The number of anilines is 1. The van der Waals surface area contributed by atoms with E-state index in [9.17, 15) is 8.42 Å². The number of nitrogens with two attached hydrogens (primary N) is 1. The van der Waals surface area contributed by atoms with Crippen molar-refractivity contribution in [1.29, 1.82) is 0 Å². The molecule has 1 aliphatic rings. The highest BCUT2D eigenvalue weighted by Gasteiger charge is 2.20. The SMILES string of the molecule is Nc1ccc(CS(=O)(=O)c2ccc3c(c2)CCC3)c(Cl)c1. The van der Waals surface area contributed by atoms with Crippen molar-refractivity contribution in [2.24, 2.45) is 0 Å². The molecule has 0 amide bonds. The largest absolute Gasteiger partial charge is 0.399 e. The van der Waals surface area contributed by atoms with Crippen LogP contribution in [0.2, 0.25) is 5.02 Å². The van der Waals surface area contributed by atoms with Crippen LogP contribution in [0.3, 0.4) is 0 Å². The first-order valence-electron chi connectivity index (χ1n) is 6.84. The molecule has 2 N–H and O–H groups in total. The molecule has 0 saturated heterocycles. The highest BCUT2D eigenvalue weighted by Crippen LogP contribution is 2.28. The van der Waals surface area contributed by atoms with Gasteiger partial charge in [-0.3, -0.25) is 0 Å². The van der Waals surface area contributed by atoms with E-state index in [4.69, 9.17) is 17.3 Å². The third-order valence-corrected chi connectivity index (χ3v) is 5.87. The van der Waals surface area contributed by atoms with Crippen LogP contribution in [0.5, 0.6) is 0 Å². The van der Waals surface area contributed by atoms with Crippen molar-refractivity contribution in [1.82, 2.24) is 0 Å². The minimum absolute atomic E-state index is 0.106. The second-order valence-electron chi connectivity index (χ2n) is 5.39. The summed E-state index contributed by atoms with van der Waals surface area (Å²) < 4.78 is 25.1. The summed E-state index contributed by atoms with van der Waals surface area (Å²) in [6, 6.07) is 10.4. The number of fused-ring (bicyclic) bond motifs is 1. The van der Waals surface area contributed by atoms with E-state index in [0.717, 1.165) is 24.8 Å². The first kappa shape index (κ1) is 14.4. The molecule has 0 unspecified atom stereocenters. The standard InChI is InChI=1S/C16H16ClNO2S/c17-16-9-14(18)6-4-13(16)10-21(19,20)15-7-5-11-2-1-3-12(11)8-15/h4-9H,1-3,10,18H2. The summed E-state index contributed by atoms with van der Waals surface area (Å²) in [7, 11) is -3.40. The van der Waals surface area contributed by atoms with Crippen molar-refractivity contribution >= 4 is 27.1 Å². The summed E-state index contributed by atoms with van der Waals surface area (Å²) in [6.45, 7) is 0. The van der Waals surface area contributed by atoms with Crippen LogP contribution in [0, 0.1) is 0 Å². The number of sulfone groups is 1. The summed E-state index contributed by atoms with van der Waals surface area (Å²) in [5.41, 5.74) is 9.15. The van der Waals surface area contributed by atoms with Gasteiger partial charge < -0.3 is 5.73 Å². The molecule has 1 aliphatic carbocycles. The average molecular weight is 322 g/mol. The zero-order valence-corrected chi connectivity index (χ0v) is 13.0. The Morgan fingerprint density at radius 2 is 1.81 bits per heavy atom. The average Bonchev–Trinajstić information content (AvgIpc) is 2.89. The predicted octanol–water partition coefficient (Wildman–Crippen LogP) is 3.38. The smallest absolute Gasteiger partial charge is 0.182 e. The normalized spacial score (nSPS) is 14.1. The van der Waals surface area contributed by atoms with Gasteiger partial charge in [0.2, 0.25) is 0 Å². The monoisotopic (exact) mass is 321 g/mol. The van der Waals surface area contributed by atoms with Crippen molar-refractivity contribution < 1.29 is 8.42 Å². The zero-order valence-electron chi connectivity index (χ0n) is 11.5. The van der Waals surface area contributed by atoms with Gasteiger partial charge in [-0.1, -0.05) is 23.7 Å². The lowest BCUT2D eigenvalue weighted by Gasteiger charge is -2.09. The molecule has 3 rings (SSSR count). The van der Waals surface area contributed by atoms with Gasteiger partial charge in [0.05, 0.1) is 10.6 Å². The number of aryl methyl sites for hydroxylation is 2. The van der Waals surface area contributed by atoms with Crippen LogP contribution in [-0.4, -0.2) is 8.42 Å². The number of nitrogen functional groups attached to an aromatic ring is 1. The van der Waals surface area contributed by atoms with Gasteiger partial charge in [0.15, 0.2) is 9.84 Å². The van der Waals surface area contributed by atoms with Crippen molar-refractivity contribution in [3.05, 3.63) is 58.1 Å².